The minimum Gasteiger partial charge on any atom is -0.480 e. The molecule has 12 heteroatoms. The van der Waals surface area contributed by atoms with E-state index in [1.807, 2.05) is 37.5 Å². The first-order valence-electron chi connectivity index (χ1n) is 22.7. The van der Waals surface area contributed by atoms with Crippen molar-refractivity contribution in [3.63, 3.8) is 0 Å². The summed E-state index contributed by atoms with van der Waals surface area (Å²) in [6.45, 7) is 34.7. The van der Waals surface area contributed by atoms with Crippen molar-refractivity contribution >= 4 is 33.4 Å². The second-order valence-electron chi connectivity index (χ2n) is 23.5. The predicted molar refractivity (Wildman–Crippen MR) is 249 cm³/mol. The summed E-state index contributed by atoms with van der Waals surface area (Å²) in [4.78, 5) is 58.0. The third kappa shape index (κ3) is 10.9. The summed E-state index contributed by atoms with van der Waals surface area (Å²) in [5, 5.41) is 0. The van der Waals surface area contributed by atoms with Gasteiger partial charge in [-0.1, -0.05) is 95.2 Å². The van der Waals surface area contributed by atoms with Crippen LogP contribution in [0.2, 0.25) is 0 Å². The number of carbonyl (C=O) groups is 4. The van der Waals surface area contributed by atoms with Crippen LogP contribution in [0.1, 0.15) is 162 Å². The SMILES string of the molecule is CC(C)(Oc1ccc(S(=O)(=O)c2ccc(C(C)(C)OC(=O)C(C)(N)C(C)(C)CC(N3CCCC3=O)C(C)(C)C)cc2)cc1)C(=O)C(C)(C)C(C)(C)CC(N1CCCC1=O)C(C)(C)C. The van der Waals surface area contributed by atoms with Crippen LogP contribution in [-0.2, 0) is 39.4 Å². The first-order chi connectivity index (χ1) is 28.4. The third-order valence-electron chi connectivity index (χ3n) is 14.7. The van der Waals surface area contributed by atoms with Crippen LogP contribution in [-0.4, -0.2) is 78.1 Å². The van der Waals surface area contributed by atoms with Gasteiger partial charge in [-0.05, 0) is 124 Å². The Balaban J connectivity index is 1.46. The Hall–Kier alpha value is -3.77. The van der Waals surface area contributed by atoms with E-state index in [2.05, 4.69) is 55.4 Å². The molecule has 0 saturated carbocycles. The topological polar surface area (TPSA) is 153 Å². The zero-order chi connectivity index (χ0) is 48.2. The molecule has 2 amide bonds. The fraction of sp³-hybridized carbons (Fsp3) is 0.686. The number of hydrogen-bond donors (Lipinski definition) is 1. The van der Waals surface area contributed by atoms with Crippen LogP contribution in [0.4, 0.5) is 0 Å². The van der Waals surface area contributed by atoms with E-state index >= 15 is 0 Å². The first kappa shape index (κ1) is 51.9. The molecule has 3 atom stereocenters. The smallest absolute Gasteiger partial charge is 0.327 e. The summed E-state index contributed by atoms with van der Waals surface area (Å²) in [5.41, 5.74) is 1.06. The van der Waals surface area contributed by atoms with E-state index in [0.717, 1.165) is 19.4 Å². The van der Waals surface area contributed by atoms with Gasteiger partial charge in [0, 0.05) is 43.4 Å². The van der Waals surface area contributed by atoms with Crippen molar-refractivity contribution in [2.45, 2.75) is 195 Å². The molecule has 352 valence electrons. The summed E-state index contributed by atoms with van der Waals surface area (Å²) >= 11 is 0. The average Bonchev–Trinajstić information content (AvgIpc) is 3.78. The quantitative estimate of drug-likeness (QED) is 0.153. The van der Waals surface area contributed by atoms with E-state index < -0.39 is 48.8 Å². The summed E-state index contributed by atoms with van der Waals surface area (Å²) < 4.78 is 40.2. The van der Waals surface area contributed by atoms with E-state index in [1.54, 1.807) is 58.9 Å². The number of carbonyl (C=O) groups excluding carboxylic acids is 4. The lowest BCUT2D eigenvalue weighted by molar-refractivity contribution is -0.169. The molecule has 2 aliphatic heterocycles. The average molecular weight is 894 g/mol. The molecule has 2 aromatic rings. The van der Waals surface area contributed by atoms with Gasteiger partial charge in [0.25, 0.3) is 0 Å². The molecule has 0 bridgehead atoms. The molecule has 0 aliphatic carbocycles. The molecule has 0 spiro atoms. The van der Waals surface area contributed by atoms with E-state index in [-0.39, 0.29) is 50.3 Å². The van der Waals surface area contributed by atoms with Crippen molar-refractivity contribution < 1.29 is 37.1 Å². The second-order valence-corrected chi connectivity index (χ2v) is 25.4. The molecule has 2 aromatic carbocycles. The maximum absolute atomic E-state index is 14.4. The highest BCUT2D eigenvalue weighted by Gasteiger charge is 2.53. The van der Waals surface area contributed by atoms with Gasteiger partial charge in [0.05, 0.1) is 9.79 Å². The maximum atomic E-state index is 14.4. The third-order valence-corrected chi connectivity index (χ3v) is 16.5. The number of nitrogens with zero attached hydrogens (tertiary/aromatic N) is 2. The highest BCUT2D eigenvalue weighted by Crippen LogP contribution is 2.49. The summed E-state index contributed by atoms with van der Waals surface area (Å²) in [5.74, 6) is -0.0638. The molecule has 2 heterocycles. The fourth-order valence-corrected chi connectivity index (χ4v) is 10.4. The largest absolute Gasteiger partial charge is 0.480 e. The molecule has 11 nitrogen and oxygen atoms in total. The number of benzene rings is 2. The Kier molecular flexibility index (Phi) is 14.5. The van der Waals surface area contributed by atoms with Crippen LogP contribution in [0.3, 0.4) is 0 Å². The zero-order valence-corrected chi connectivity index (χ0v) is 42.4. The summed E-state index contributed by atoms with van der Waals surface area (Å²) in [7, 11) is -3.96. The van der Waals surface area contributed by atoms with Crippen molar-refractivity contribution in [1.82, 2.24) is 9.80 Å². The molecular weight excluding hydrogens is 815 g/mol. The minimum atomic E-state index is -3.96. The first-order valence-corrected chi connectivity index (χ1v) is 24.2. The molecule has 2 fully saturated rings. The van der Waals surface area contributed by atoms with Crippen molar-refractivity contribution in [2.24, 2.45) is 32.8 Å². The van der Waals surface area contributed by atoms with Crippen LogP contribution in [0, 0.1) is 27.1 Å². The number of ketones is 1. The molecule has 2 aliphatic rings. The molecule has 0 radical (unpaired) electrons. The summed E-state index contributed by atoms with van der Waals surface area (Å²) in [6.07, 6.45) is 3.87. The zero-order valence-electron chi connectivity index (χ0n) is 41.6. The molecule has 63 heavy (non-hydrogen) atoms. The monoisotopic (exact) mass is 894 g/mol. The highest BCUT2D eigenvalue weighted by atomic mass is 32.2. The molecule has 2 N–H and O–H groups in total. The lowest BCUT2D eigenvalue weighted by atomic mass is 9.58. The van der Waals surface area contributed by atoms with Gasteiger partial charge in [0.15, 0.2) is 11.4 Å². The molecule has 4 rings (SSSR count). The van der Waals surface area contributed by atoms with E-state index in [0.29, 0.717) is 43.5 Å². The van der Waals surface area contributed by atoms with Gasteiger partial charge in [-0.15, -0.1) is 0 Å². The Morgan fingerprint density at radius 3 is 1.41 bits per heavy atom. The van der Waals surface area contributed by atoms with E-state index in [1.165, 1.54) is 24.3 Å². The standard InChI is InChI=1S/C51H79N3O8S/c1-44(2,3)38(53-30-18-20-40(53)55)32-46(7,8)48(11,12)42(57)50(15,16)61-35-24-28-37(29-25-35)63(59,60)36-26-22-34(23-27-36)49(13,14)62-43(58)51(17,52)47(9,10)33-39(45(4,5)6)54-31-19-21-41(54)56/h22-29,38-39H,18-21,30-33,52H2,1-17H3. The number of rotatable bonds is 17. The number of ether oxygens (including phenoxy) is 2. The number of esters is 1. The van der Waals surface area contributed by atoms with Crippen molar-refractivity contribution in [1.29, 1.82) is 0 Å². The van der Waals surface area contributed by atoms with Crippen molar-refractivity contribution in [3.8, 4) is 5.75 Å². The second kappa shape index (κ2) is 17.6. The van der Waals surface area contributed by atoms with Crippen LogP contribution in [0.25, 0.3) is 0 Å². The van der Waals surface area contributed by atoms with Crippen LogP contribution in [0.15, 0.2) is 58.3 Å². The van der Waals surface area contributed by atoms with Gasteiger partial charge in [0.1, 0.15) is 16.9 Å². The van der Waals surface area contributed by atoms with Crippen molar-refractivity contribution in [2.75, 3.05) is 13.1 Å². The minimum absolute atomic E-state index is 0.0367. The Labute approximate surface area is 379 Å². The van der Waals surface area contributed by atoms with Crippen molar-refractivity contribution in [3.05, 3.63) is 54.1 Å². The lowest BCUT2D eigenvalue weighted by Gasteiger charge is -2.49. The Bertz CT molecular complexity index is 2120. The normalized spacial score (nSPS) is 18.3. The number of sulfone groups is 1. The van der Waals surface area contributed by atoms with Gasteiger partial charge in [0.2, 0.25) is 21.7 Å². The predicted octanol–water partition coefficient (Wildman–Crippen LogP) is 9.67. The van der Waals surface area contributed by atoms with Gasteiger partial charge in [-0.2, -0.15) is 0 Å². The van der Waals surface area contributed by atoms with Gasteiger partial charge < -0.3 is 25.0 Å². The van der Waals surface area contributed by atoms with Gasteiger partial charge in [-0.3, -0.25) is 19.2 Å². The van der Waals surface area contributed by atoms with E-state index in [4.69, 9.17) is 15.2 Å². The molecular formula is C51H79N3O8S. The van der Waals surface area contributed by atoms with Gasteiger partial charge >= 0.3 is 5.97 Å². The van der Waals surface area contributed by atoms with E-state index in [9.17, 15) is 27.6 Å². The number of amides is 2. The van der Waals surface area contributed by atoms with Crippen LogP contribution in [0.5, 0.6) is 5.75 Å². The van der Waals surface area contributed by atoms with Gasteiger partial charge in [-0.25, -0.2) is 8.42 Å². The maximum Gasteiger partial charge on any atom is 0.327 e. The number of likely N-dealkylation sites (tertiary alicyclic amines) is 2. The summed E-state index contributed by atoms with van der Waals surface area (Å²) in [6, 6.07) is 12.1. The lowest BCUT2D eigenvalue weighted by Crippen LogP contribution is -2.61. The molecule has 0 aromatic heterocycles. The fourth-order valence-electron chi connectivity index (χ4n) is 9.13. The Morgan fingerprint density at radius 2 is 1.03 bits per heavy atom. The number of nitrogens with two attached hydrogens (primary N) is 1. The van der Waals surface area contributed by atoms with Crippen LogP contribution < -0.4 is 10.5 Å². The molecule has 2 saturated heterocycles. The Morgan fingerprint density at radius 1 is 0.635 bits per heavy atom. The number of Topliss-reactive ketones (excluding diaryl/α,β-unsaturated/α-hetero) is 1. The van der Waals surface area contributed by atoms with Crippen LogP contribution >= 0.6 is 0 Å². The highest BCUT2D eigenvalue weighted by molar-refractivity contribution is 7.91. The molecule has 3 unspecified atom stereocenters. The number of hydrogen-bond acceptors (Lipinski definition) is 9.